The van der Waals surface area contributed by atoms with Crippen molar-refractivity contribution in [1.82, 2.24) is 9.97 Å². The minimum Gasteiger partial charge on any atom is -0.481 e. The molecule has 1 aromatic heterocycles. The molecular formula is C11H18BrN3O2. The largest absolute Gasteiger partial charge is 0.481 e. The zero-order chi connectivity index (χ0) is 12.8. The SMILES string of the molecule is COCC(Br)CN(C)c1nc(C)cc(OC)n1. The summed E-state index contributed by atoms with van der Waals surface area (Å²) in [5.74, 6) is 1.24. The minimum atomic E-state index is 0.243. The van der Waals surface area contributed by atoms with Gasteiger partial charge in [0.15, 0.2) is 0 Å². The van der Waals surface area contributed by atoms with Crippen LogP contribution in [0.5, 0.6) is 5.88 Å². The van der Waals surface area contributed by atoms with Gasteiger partial charge in [0, 0.05) is 32.5 Å². The maximum Gasteiger partial charge on any atom is 0.228 e. The first kappa shape index (κ1) is 14.2. The first-order chi connectivity index (χ1) is 8.06. The van der Waals surface area contributed by atoms with Gasteiger partial charge in [0.05, 0.1) is 18.5 Å². The van der Waals surface area contributed by atoms with Crippen LogP contribution in [0.2, 0.25) is 0 Å². The molecule has 1 aromatic rings. The topological polar surface area (TPSA) is 47.5 Å². The molecule has 0 aromatic carbocycles. The number of methoxy groups -OCH3 is 2. The van der Waals surface area contributed by atoms with E-state index in [4.69, 9.17) is 9.47 Å². The van der Waals surface area contributed by atoms with Gasteiger partial charge in [0.2, 0.25) is 11.8 Å². The van der Waals surface area contributed by atoms with Crippen LogP contribution in [-0.2, 0) is 4.74 Å². The van der Waals surface area contributed by atoms with E-state index in [9.17, 15) is 0 Å². The molecule has 1 rings (SSSR count). The number of aromatic nitrogens is 2. The van der Waals surface area contributed by atoms with Crippen LogP contribution in [-0.4, -0.2) is 49.2 Å². The lowest BCUT2D eigenvalue weighted by Crippen LogP contribution is -2.29. The number of hydrogen-bond donors (Lipinski definition) is 0. The lowest BCUT2D eigenvalue weighted by molar-refractivity contribution is 0.201. The number of rotatable bonds is 6. The fourth-order valence-corrected chi connectivity index (χ4v) is 2.11. The molecular weight excluding hydrogens is 286 g/mol. The molecule has 0 saturated carbocycles. The second kappa shape index (κ2) is 6.76. The smallest absolute Gasteiger partial charge is 0.228 e. The van der Waals surface area contributed by atoms with Gasteiger partial charge >= 0.3 is 0 Å². The van der Waals surface area contributed by atoms with Gasteiger partial charge in [-0.05, 0) is 6.92 Å². The van der Waals surface area contributed by atoms with Crippen LogP contribution >= 0.6 is 15.9 Å². The van der Waals surface area contributed by atoms with Crippen molar-refractivity contribution < 1.29 is 9.47 Å². The summed E-state index contributed by atoms with van der Waals surface area (Å²) in [6.07, 6.45) is 0. The maximum absolute atomic E-state index is 5.12. The predicted molar refractivity (Wildman–Crippen MR) is 71.2 cm³/mol. The molecule has 0 spiro atoms. The second-order valence-corrected chi connectivity index (χ2v) is 5.08. The average Bonchev–Trinajstić information content (AvgIpc) is 2.28. The summed E-state index contributed by atoms with van der Waals surface area (Å²) in [5, 5.41) is 0. The fraction of sp³-hybridized carbons (Fsp3) is 0.636. The van der Waals surface area contributed by atoms with Crippen molar-refractivity contribution in [3.8, 4) is 5.88 Å². The van der Waals surface area contributed by atoms with E-state index in [0.29, 0.717) is 18.4 Å². The van der Waals surface area contributed by atoms with Crippen molar-refractivity contribution in [2.45, 2.75) is 11.8 Å². The predicted octanol–water partition coefficient (Wildman–Crippen LogP) is 1.64. The minimum absolute atomic E-state index is 0.243. The molecule has 0 bridgehead atoms. The standard InChI is InChI=1S/C11H18BrN3O2/c1-8-5-10(17-4)14-11(13-8)15(2)6-9(12)7-16-3/h5,9H,6-7H2,1-4H3. The third-order valence-electron chi connectivity index (χ3n) is 2.19. The van der Waals surface area contributed by atoms with Crippen LogP contribution in [0, 0.1) is 6.92 Å². The van der Waals surface area contributed by atoms with Crippen LogP contribution in [0.3, 0.4) is 0 Å². The van der Waals surface area contributed by atoms with Crippen molar-refractivity contribution in [2.75, 3.05) is 39.3 Å². The molecule has 0 saturated heterocycles. The molecule has 5 nitrogen and oxygen atoms in total. The quantitative estimate of drug-likeness (QED) is 0.748. The molecule has 1 unspecified atom stereocenters. The zero-order valence-electron chi connectivity index (χ0n) is 10.6. The second-order valence-electron chi connectivity index (χ2n) is 3.78. The summed E-state index contributed by atoms with van der Waals surface area (Å²) in [6, 6.07) is 1.80. The molecule has 6 heteroatoms. The first-order valence-electron chi connectivity index (χ1n) is 5.30. The number of anilines is 1. The van der Waals surface area contributed by atoms with Crippen LogP contribution < -0.4 is 9.64 Å². The molecule has 0 N–H and O–H groups in total. The van der Waals surface area contributed by atoms with E-state index >= 15 is 0 Å². The molecule has 0 aliphatic carbocycles. The molecule has 0 aliphatic rings. The summed E-state index contributed by atoms with van der Waals surface area (Å²) < 4.78 is 10.2. The number of nitrogens with zero attached hydrogens (tertiary/aromatic N) is 3. The van der Waals surface area contributed by atoms with Gasteiger partial charge in [-0.15, -0.1) is 0 Å². The molecule has 0 fully saturated rings. The van der Waals surface area contributed by atoms with E-state index in [1.165, 1.54) is 0 Å². The van der Waals surface area contributed by atoms with E-state index in [-0.39, 0.29) is 4.83 Å². The average molecular weight is 304 g/mol. The zero-order valence-corrected chi connectivity index (χ0v) is 12.2. The van der Waals surface area contributed by atoms with Gasteiger partial charge in [-0.2, -0.15) is 4.98 Å². The highest BCUT2D eigenvalue weighted by Gasteiger charge is 2.12. The number of alkyl halides is 1. The van der Waals surface area contributed by atoms with Crippen molar-refractivity contribution in [3.05, 3.63) is 11.8 Å². The van der Waals surface area contributed by atoms with Gasteiger partial charge in [0.1, 0.15) is 0 Å². The van der Waals surface area contributed by atoms with E-state index in [2.05, 4.69) is 25.9 Å². The Labute approximate surface area is 110 Å². The van der Waals surface area contributed by atoms with Crippen molar-refractivity contribution in [3.63, 3.8) is 0 Å². The fourth-order valence-electron chi connectivity index (χ4n) is 1.41. The first-order valence-corrected chi connectivity index (χ1v) is 6.22. The third-order valence-corrected chi connectivity index (χ3v) is 2.74. The Bertz CT molecular complexity index is 363. The molecule has 0 aliphatic heterocycles. The molecule has 0 amide bonds. The molecule has 1 atom stereocenters. The van der Waals surface area contributed by atoms with Crippen molar-refractivity contribution >= 4 is 21.9 Å². The molecule has 1 heterocycles. The van der Waals surface area contributed by atoms with Gasteiger partial charge in [0.25, 0.3) is 0 Å². The normalized spacial score (nSPS) is 12.3. The van der Waals surface area contributed by atoms with Crippen LogP contribution in [0.1, 0.15) is 5.69 Å². The summed E-state index contributed by atoms with van der Waals surface area (Å²) in [5.41, 5.74) is 0.886. The molecule has 0 radical (unpaired) electrons. The monoisotopic (exact) mass is 303 g/mol. The Morgan fingerprint density at radius 2 is 2.12 bits per heavy atom. The number of ether oxygens (including phenoxy) is 2. The number of halogens is 1. The van der Waals surface area contributed by atoms with Crippen LogP contribution in [0.4, 0.5) is 5.95 Å². The van der Waals surface area contributed by atoms with E-state index in [0.717, 1.165) is 12.2 Å². The summed E-state index contributed by atoms with van der Waals surface area (Å²) in [6.45, 7) is 3.33. The Morgan fingerprint density at radius 3 is 2.71 bits per heavy atom. The van der Waals surface area contributed by atoms with Crippen molar-refractivity contribution in [2.24, 2.45) is 0 Å². The van der Waals surface area contributed by atoms with Crippen molar-refractivity contribution in [1.29, 1.82) is 0 Å². The Balaban J connectivity index is 2.74. The van der Waals surface area contributed by atoms with Gasteiger partial charge < -0.3 is 14.4 Å². The van der Waals surface area contributed by atoms with E-state index < -0.39 is 0 Å². The lowest BCUT2D eigenvalue weighted by Gasteiger charge is -2.20. The number of hydrogen-bond acceptors (Lipinski definition) is 5. The summed E-state index contributed by atoms with van der Waals surface area (Å²) in [7, 11) is 5.22. The Morgan fingerprint density at radius 1 is 1.41 bits per heavy atom. The highest BCUT2D eigenvalue weighted by atomic mass is 79.9. The van der Waals surface area contributed by atoms with E-state index in [1.807, 2.05) is 18.9 Å². The third kappa shape index (κ3) is 4.47. The van der Waals surface area contributed by atoms with Crippen LogP contribution in [0.15, 0.2) is 6.07 Å². The highest BCUT2D eigenvalue weighted by Crippen LogP contribution is 2.15. The van der Waals surface area contributed by atoms with E-state index in [1.54, 1.807) is 20.3 Å². The maximum atomic E-state index is 5.12. The summed E-state index contributed by atoms with van der Waals surface area (Å²) >= 11 is 3.54. The molecule has 17 heavy (non-hydrogen) atoms. The van der Waals surface area contributed by atoms with Crippen LogP contribution in [0.25, 0.3) is 0 Å². The number of aryl methyl sites for hydroxylation is 1. The molecule has 96 valence electrons. The lowest BCUT2D eigenvalue weighted by atomic mass is 10.4. The Hall–Kier alpha value is -0.880. The van der Waals surface area contributed by atoms with Gasteiger partial charge in [-0.25, -0.2) is 4.98 Å². The highest BCUT2D eigenvalue weighted by molar-refractivity contribution is 9.09. The van der Waals surface area contributed by atoms with Gasteiger partial charge in [-0.1, -0.05) is 15.9 Å². The van der Waals surface area contributed by atoms with Gasteiger partial charge in [-0.3, -0.25) is 0 Å². The Kier molecular flexibility index (Phi) is 5.64. The summed E-state index contributed by atoms with van der Waals surface area (Å²) in [4.78, 5) is 10.9.